The summed E-state index contributed by atoms with van der Waals surface area (Å²) in [4.78, 5) is 24.4. The fraction of sp³-hybridized carbons (Fsp3) is 0.529. The highest BCUT2D eigenvalue weighted by molar-refractivity contribution is 7.99. The van der Waals surface area contributed by atoms with Crippen molar-refractivity contribution >= 4 is 34.8 Å². The summed E-state index contributed by atoms with van der Waals surface area (Å²) in [6, 6.07) is 4.02. The topological polar surface area (TPSA) is 76.9 Å². The van der Waals surface area contributed by atoms with Gasteiger partial charge in [-0.05, 0) is 39.1 Å². The van der Waals surface area contributed by atoms with Gasteiger partial charge in [0.2, 0.25) is 5.91 Å². The fourth-order valence-electron chi connectivity index (χ4n) is 2.61. The van der Waals surface area contributed by atoms with Crippen molar-refractivity contribution in [1.82, 2.24) is 20.1 Å². The molecule has 0 atom stereocenters. The first-order chi connectivity index (χ1) is 11.8. The minimum atomic E-state index is -0.511. The molecular weight excluding hydrogens is 356 g/mol. The van der Waals surface area contributed by atoms with E-state index in [9.17, 15) is 9.59 Å². The van der Waals surface area contributed by atoms with Crippen LogP contribution in [-0.2, 0) is 16.1 Å². The van der Waals surface area contributed by atoms with Crippen molar-refractivity contribution in [3.05, 3.63) is 17.5 Å². The molecule has 0 fully saturated rings. The Kier molecular flexibility index (Phi) is 6.78. The third-order valence-electron chi connectivity index (χ3n) is 3.50. The molecule has 6 nitrogen and oxygen atoms in total. The number of nitrogens with zero attached hydrogens (tertiary/aromatic N) is 3. The Balaban J connectivity index is 1.90. The van der Waals surface area contributed by atoms with Crippen molar-refractivity contribution in [2.75, 3.05) is 5.75 Å². The zero-order valence-corrected chi connectivity index (χ0v) is 16.7. The lowest BCUT2D eigenvalue weighted by atomic mass is 9.98. The van der Waals surface area contributed by atoms with Gasteiger partial charge in [0, 0.05) is 30.7 Å². The van der Waals surface area contributed by atoms with Crippen LogP contribution in [0.4, 0.5) is 0 Å². The predicted molar refractivity (Wildman–Crippen MR) is 102 cm³/mol. The highest BCUT2D eigenvalue weighted by Gasteiger charge is 2.22. The average Bonchev–Trinajstić information content (AvgIpc) is 3.13. The number of hydrogen-bond donors (Lipinski definition) is 1. The maximum atomic E-state index is 12.1. The van der Waals surface area contributed by atoms with Gasteiger partial charge in [-0.3, -0.25) is 9.59 Å². The highest BCUT2D eigenvalue weighted by Crippen LogP contribution is 2.27. The molecule has 2 aromatic rings. The third-order valence-corrected chi connectivity index (χ3v) is 5.34. The van der Waals surface area contributed by atoms with E-state index in [1.807, 2.05) is 31.4 Å². The molecule has 0 aromatic carbocycles. The van der Waals surface area contributed by atoms with Gasteiger partial charge in [-0.2, -0.15) is 0 Å². The third kappa shape index (κ3) is 5.67. The lowest BCUT2D eigenvalue weighted by molar-refractivity contribution is -0.123. The Morgan fingerprint density at radius 2 is 2.12 bits per heavy atom. The number of carbonyl (C=O) groups is 2. The van der Waals surface area contributed by atoms with Gasteiger partial charge in [0.1, 0.15) is 5.78 Å². The van der Waals surface area contributed by atoms with Gasteiger partial charge in [0.05, 0.1) is 4.88 Å². The van der Waals surface area contributed by atoms with E-state index in [4.69, 9.17) is 0 Å². The summed E-state index contributed by atoms with van der Waals surface area (Å²) in [5, 5.41) is 14.3. The summed E-state index contributed by atoms with van der Waals surface area (Å²) in [5.41, 5.74) is -0.511. The van der Waals surface area contributed by atoms with Crippen LogP contribution in [0.15, 0.2) is 22.7 Å². The van der Waals surface area contributed by atoms with Crippen LogP contribution < -0.4 is 5.32 Å². The lowest BCUT2D eigenvalue weighted by Crippen LogP contribution is -2.44. The quantitative estimate of drug-likeness (QED) is 0.675. The summed E-state index contributed by atoms with van der Waals surface area (Å²) in [6.45, 7) is 8.09. The van der Waals surface area contributed by atoms with E-state index in [0.29, 0.717) is 18.6 Å². The first-order valence-electron chi connectivity index (χ1n) is 8.22. The Morgan fingerprint density at radius 3 is 2.72 bits per heavy atom. The number of hydrogen-bond acceptors (Lipinski definition) is 6. The van der Waals surface area contributed by atoms with Crippen molar-refractivity contribution in [3.8, 4) is 10.7 Å². The van der Waals surface area contributed by atoms with Gasteiger partial charge in [-0.15, -0.1) is 21.5 Å². The number of thioether (sulfide) groups is 1. The summed E-state index contributed by atoms with van der Waals surface area (Å²) in [5.74, 6) is 1.49. The second-order valence-electron chi connectivity index (χ2n) is 6.44. The van der Waals surface area contributed by atoms with E-state index in [2.05, 4.69) is 27.0 Å². The highest BCUT2D eigenvalue weighted by atomic mass is 32.2. The van der Waals surface area contributed by atoms with E-state index >= 15 is 0 Å². The largest absolute Gasteiger partial charge is 0.351 e. The van der Waals surface area contributed by atoms with Gasteiger partial charge < -0.3 is 9.88 Å². The molecule has 0 aliphatic carbocycles. The minimum Gasteiger partial charge on any atom is -0.351 e. The molecule has 0 spiro atoms. The molecule has 0 radical (unpaired) electrons. The smallest absolute Gasteiger partial charge is 0.221 e. The number of rotatable bonds is 9. The van der Waals surface area contributed by atoms with Gasteiger partial charge >= 0.3 is 0 Å². The Bertz CT molecular complexity index is 723. The number of aromatic nitrogens is 3. The SMILES string of the molecule is CCn1c(SCCC(=O)NC(C)(C)CC(C)=O)nnc1-c1cccs1. The van der Waals surface area contributed by atoms with Gasteiger partial charge in [-0.1, -0.05) is 17.8 Å². The zero-order chi connectivity index (χ0) is 18.4. The molecule has 8 heteroatoms. The summed E-state index contributed by atoms with van der Waals surface area (Å²) < 4.78 is 2.06. The summed E-state index contributed by atoms with van der Waals surface area (Å²) in [7, 11) is 0. The second kappa shape index (κ2) is 8.62. The van der Waals surface area contributed by atoms with Crippen LogP contribution in [-0.4, -0.2) is 37.7 Å². The van der Waals surface area contributed by atoms with Crippen LogP contribution in [0.1, 0.15) is 40.5 Å². The van der Waals surface area contributed by atoms with Crippen molar-refractivity contribution in [3.63, 3.8) is 0 Å². The number of Topliss-reactive ketones (excluding diaryl/α,β-unsaturated/α-hetero) is 1. The Labute approximate surface area is 156 Å². The molecule has 0 saturated carbocycles. The first kappa shape index (κ1) is 19.7. The minimum absolute atomic E-state index is 0.0557. The maximum absolute atomic E-state index is 12.1. The van der Waals surface area contributed by atoms with Crippen LogP contribution in [0.5, 0.6) is 0 Å². The lowest BCUT2D eigenvalue weighted by Gasteiger charge is -2.24. The molecule has 0 bridgehead atoms. The van der Waals surface area contributed by atoms with Crippen molar-refractivity contribution in [1.29, 1.82) is 0 Å². The molecule has 0 saturated heterocycles. The molecule has 2 aromatic heterocycles. The monoisotopic (exact) mass is 380 g/mol. The molecule has 2 rings (SSSR count). The number of carbonyl (C=O) groups excluding carboxylic acids is 2. The Morgan fingerprint density at radius 1 is 1.36 bits per heavy atom. The normalized spacial score (nSPS) is 11.5. The Hall–Kier alpha value is -1.67. The van der Waals surface area contributed by atoms with Crippen molar-refractivity contribution < 1.29 is 9.59 Å². The fourth-order valence-corrected chi connectivity index (χ4v) is 4.27. The average molecular weight is 381 g/mol. The van der Waals surface area contributed by atoms with E-state index in [1.54, 1.807) is 11.3 Å². The maximum Gasteiger partial charge on any atom is 0.221 e. The number of ketones is 1. The van der Waals surface area contributed by atoms with Gasteiger partial charge in [0.15, 0.2) is 11.0 Å². The van der Waals surface area contributed by atoms with E-state index in [0.717, 1.165) is 22.4 Å². The van der Waals surface area contributed by atoms with Crippen molar-refractivity contribution in [2.24, 2.45) is 0 Å². The molecule has 0 aliphatic rings. The predicted octanol–water partition coefficient (Wildman–Crippen LogP) is 3.38. The molecule has 2 heterocycles. The standard InChI is InChI=1S/C17H24N4O2S2/c1-5-21-15(13-7-6-9-24-13)19-20-16(21)25-10-8-14(23)18-17(3,4)11-12(2)22/h6-7,9H,5,8,10-11H2,1-4H3,(H,18,23). The van der Waals surface area contributed by atoms with Crippen LogP contribution in [0.3, 0.4) is 0 Å². The molecular formula is C17H24N4O2S2. The van der Waals surface area contributed by atoms with Gasteiger partial charge in [-0.25, -0.2) is 0 Å². The van der Waals surface area contributed by atoms with E-state index in [1.165, 1.54) is 18.7 Å². The number of nitrogens with one attached hydrogen (secondary N) is 1. The second-order valence-corrected chi connectivity index (χ2v) is 8.45. The molecule has 25 heavy (non-hydrogen) atoms. The summed E-state index contributed by atoms with van der Waals surface area (Å²) in [6.07, 6.45) is 0.705. The number of thiophene rings is 1. The van der Waals surface area contributed by atoms with Crippen LogP contribution in [0.2, 0.25) is 0 Å². The van der Waals surface area contributed by atoms with E-state index in [-0.39, 0.29) is 11.7 Å². The summed E-state index contributed by atoms with van der Waals surface area (Å²) >= 11 is 3.16. The van der Waals surface area contributed by atoms with Crippen LogP contribution in [0, 0.1) is 0 Å². The molecule has 0 unspecified atom stereocenters. The zero-order valence-electron chi connectivity index (χ0n) is 15.0. The first-order valence-corrected chi connectivity index (χ1v) is 10.1. The number of amides is 1. The molecule has 136 valence electrons. The van der Waals surface area contributed by atoms with Crippen LogP contribution in [0.25, 0.3) is 10.7 Å². The van der Waals surface area contributed by atoms with Gasteiger partial charge in [0.25, 0.3) is 0 Å². The molecule has 1 amide bonds. The molecule has 0 aliphatic heterocycles. The van der Waals surface area contributed by atoms with Crippen molar-refractivity contribution in [2.45, 2.75) is 57.8 Å². The van der Waals surface area contributed by atoms with Crippen LogP contribution >= 0.6 is 23.1 Å². The molecule has 1 N–H and O–H groups in total. The van der Waals surface area contributed by atoms with E-state index < -0.39 is 5.54 Å².